The number of allylic oxidation sites excluding steroid dienone is 5. The Balaban J connectivity index is 1.16. The Morgan fingerprint density at radius 1 is 0.636 bits per heavy atom. The second-order valence-corrected chi connectivity index (χ2v) is 11.6. The molecule has 2 heterocycles. The molecule has 0 amide bonds. The number of rotatable bonds is 5. The molecule has 0 saturated carbocycles. The summed E-state index contributed by atoms with van der Waals surface area (Å²) in [4.78, 5) is 14.7. The number of aromatic nitrogens is 4. The lowest BCUT2D eigenvalue weighted by atomic mass is 9.89. The molecule has 0 radical (unpaired) electrons. The van der Waals surface area contributed by atoms with E-state index < -0.39 is 0 Å². The van der Waals surface area contributed by atoms with E-state index >= 15 is 0 Å². The molecule has 0 fully saturated rings. The molecular formula is C40H32N4. The van der Waals surface area contributed by atoms with Crippen LogP contribution in [0.3, 0.4) is 0 Å². The molecule has 2 aromatic heterocycles. The number of hydrogen-bond donors (Lipinski definition) is 0. The molecule has 0 N–H and O–H groups in total. The second kappa shape index (κ2) is 11.1. The Labute approximate surface area is 257 Å². The number of fused-ring (bicyclic) bond motifs is 3. The highest BCUT2D eigenvalue weighted by atomic mass is 15.0. The van der Waals surface area contributed by atoms with Crippen molar-refractivity contribution in [2.45, 2.75) is 25.8 Å². The zero-order valence-electron chi connectivity index (χ0n) is 24.6. The van der Waals surface area contributed by atoms with Gasteiger partial charge in [0.25, 0.3) is 0 Å². The van der Waals surface area contributed by atoms with Crippen LogP contribution in [0.1, 0.15) is 36.2 Å². The van der Waals surface area contributed by atoms with Crippen LogP contribution in [0.2, 0.25) is 0 Å². The Bertz CT molecular complexity index is 2030. The quantitative estimate of drug-likeness (QED) is 0.208. The lowest BCUT2D eigenvalue weighted by Crippen LogP contribution is -2.18. The van der Waals surface area contributed by atoms with Crippen molar-refractivity contribution in [2.75, 3.05) is 0 Å². The van der Waals surface area contributed by atoms with E-state index in [1.54, 1.807) is 0 Å². The van der Waals surface area contributed by atoms with Gasteiger partial charge in [0.1, 0.15) is 0 Å². The normalized spacial score (nSPS) is 17.4. The van der Waals surface area contributed by atoms with Gasteiger partial charge in [0, 0.05) is 33.3 Å². The zero-order chi connectivity index (χ0) is 29.5. The van der Waals surface area contributed by atoms with Gasteiger partial charge in [-0.25, -0.2) is 15.0 Å². The first-order valence-corrected chi connectivity index (χ1v) is 15.4. The summed E-state index contributed by atoms with van der Waals surface area (Å²) in [6.07, 6.45) is 13.9. The minimum absolute atomic E-state index is 0.253. The lowest BCUT2D eigenvalue weighted by molar-refractivity contribution is 0.496. The molecule has 6 aromatic rings. The van der Waals surface area contributed by atoms with E-state index in [2.05, 4.69) is 90.4 Å². The van der Waals surface area contributed by atoms with Gasteiger partial charge in [-0.2, -0.15) is 0 Å². The maximum Gasteiger partial charge on any atom is 0.164 e. The number of para-hydroxylation sites is 1. The molecule has 4 nitrogen and oxygen atoms in total. The van der Waals surface area contributed by atoms with Crippen LogP contribution in [0.5, 0.6) is 0 Å². The SMILES string of the molecule is CC1C=C(c2cccc(-c3nc(-c4ccccc4)nc(-c4ccccc4)n3)c2)C=CC1n1c2c(c3ccccc31)CCC=C2. The Morgan fingerprint density at radius 3 is 1.95 bits per heavy atom. The molecule has 0 bridgehead atoms. The van der Waals surface area contributed by atoms with E-state index in [0.29, 0.717) is 23.4 Å². The molecule has 4 aromatic carbocycles. The van der Waals surface area contributed by atoms with Gasteiger partial charge in [-0.1, -0.05) is 128 Å². The summed E-state index contributed by atoms with van der Waals surface area (Å²) in [5.41, 5.74) is 9.45. The summed E-state index contributed by atoms with van der Waals surface area (Å²) in [6.45, 7) is 2.33. The van der Waals surface area contributed by atoms with Gasteiger partial charge in [-0.05, 0) is 53.7 Å². The van der Waals surface area contributed by atoms with Crippen molar-refractivity contribution in [2.24, 2.45) is 5.92 Å². The van der Waals surface area contributed by atoms with Crippen LogP contribution in [-0.2, 0) is 6.42 Å². The second-order valence-electron chi connectivity index (χ2n) is 11.6. The first kappa shape index (κ1) is 26.3. The number of aryl methyl sites for hydroxylation is 1. The minimum atomic E-state index is 0.253. The summed E-state index contributed by atoms with van der Waals surface area (Å²) in [5.74, 6) is 2.33. The maximum atomic E-state index is 4.95. The predicted octanol–water partition coefficient (Wildman–Crippen LogP) is 9.62. The third kappa shape index (κ3) is 4.69. The van der Waals surface area contributed by atoms with Crippen molar-refractivity contribution >= 4 is 22.6 Å². The van der Waals surface area contributed by atoms with Crippen LogP contribution >= 0.6 is 0 Å². The number of nitrogens with zero attached hydrogens (tertiary/aromatic N) is 4. The van der Waals surface area contributed by atoms with Crippen molar-refractivity contribution in [3.05, 3.63) is 150 Å². The minimum Gasteiger partial charge on any atom is -0.333 e. The van der Waals surface area contributed by atoms with Crippen molar-refractivity contribution < 1.29 is 0 Å². The molecule has 4 heteroatoms. The third-order valence-corrected chi connectivity index (χ3v) is 8.80. The first-order chi connectivity index (χ1) is 21.7. The Morgan fingerprint density at radius 2 is 1.25 bits per heavy atom. The van der Waals surface area contributed by atoms with Crippen LogP contribution in [-0.4, -0.2) is 19.5 Å². The van der Waals surface area contributed by atoms with Crippen LogP contribution in [0, 0.1) is 5.92 Å². The largest absolute Gasteiger partial charge is 0.333 e. The van der Waals surface area contributed by atoms with Crippen LogP contribution in [0.15, 0.2) is 133 Å². The van der Waals surface area contributed by atoms with E-state index in [9.17, 15) is 0 Å². The van der Waals surface area contributed by atoms with Crippen molar-refractivity contribution in [3.63, 3.8) is 0 Å². The fourth-order valence-electron chi connectivity index (χ4n) is 6.64. The van der Waals surface area contributed by atoms with Crippen LogP contribution < -0.4 is 0 Å². The van der Waals surface area contributed by atoms with Crippen LogP contribution in [0.25, 0.3) is 56.7 Å². The number of benzene rings is 4. The highest BCUT2D eigenvalue weighted by Gasteiger charge is 2.26. The van der Waals surface area contributed by atoms with E-state index in [1.165, 1.54) is 27.7 Å². The van der Waals surface area contributed by atoms with Crippen molar-refractivity contribution in [1.29, 1.82) is 0 Å². The molecule has 2 aliphatic rings. The van der Waals surface area contributed by atoms with E-state index in [-0.39, 0.29) is 6.04 Å². The van der Waals surface area contributed by atoms with Gasteiger partial charge in [-0.3, -0.25) is 0 Å². The summed E-state index contributed by atoms with van der Waals surface area (Å²) in [7, 11) is 0. The molecule has 212 valence electrons. The maximum absolute atomic E-state index is 4.95. The summed E-state index contributed by atoms with van der Waals surface area (Å²) < 4.78 is 2.55. The molecule has 2 atom stereocenters. The fourth-order valence-corrected chi connectivity index (χ4v) is 6.64. The Kier molecular flexibility index (Phi) is 6.60. The van der Waals surface area contributed by atoms with Gasteiger partial charge in [0.2, 0.25) is 0 Å². The molecule has 44 heavy (non-hydrogen) atoms. The first-order valence-electron chi connectivity index (χ1n) is 15.4. The highest BCUT2D eigenvalue weighted by Crippen LogP contribution is 2.40. The lowest BCUT2D eigenvalue weighted by Gasteiger charge is -2.28. The Hall–Kier alpha value is -5.35. The number of hydrogen-bond acceptors (Lipinski definition) is 3. The smallest absolute Gasteiger partial charge is 0.164 e. The fraction of sp³-hybridized carbons (Fsp3) is 0.125. The molecule has 0 aliphatic heterocycles. The molecule has 8 rings (SSSR count). The molecule has 0 spiro atoms. The summed E-state index contributed by atoms with van der Waals surface area (Å²) in [6, 6.07) is 37.9. The third-order valence-electron chi connectivity index (χ3n) is 8.80. The standard InChI is InChI=1S/C40H32N4/c1-27-25-31(23-24-35(27)44-36-21-10-8-19-33(36)34-20-9-11-22-37(34)44)30-17-12-18-32(26-30)40-42-38(28-13-4-2-5-14-28)41-39(43-40)29-15-6-3-7-16-29/h2-8,10-19,21-27,35H,9,20H2,1H3. The van der Waals surface area contributed by atoms with Crippen molar-refractivity contribution in [3.8, 4) is 34.2 Å². The van der Waals surface area contributed by atoms with Gasteiger partial charge in [0.05, 0.1) is 6.04 Å². The topological polar surface area (TPSA) is 43.6 Å². The van der Waals surface area contributed by atoms with Gasteiger partial charge >= 0.3 is 0 Å². The molecular weight excluding hydrogens is 536 g/mol. The van der Waals surface area contributed by atoms with E-state index in [1.807, 2.05) is 60.7 Å². The van der Waals surface area contributed by atoms with E-state index in [4.69, 9.17) is 15.0 Å². The van der Waals surface area contributed by atoms with Crippen LogP contribution in [0.4, 0.5) is 0 Å². The highest BCUT2D eigenvalue weighted by molar-refractivity contribution is 5.89. The average Bonchev–Trinajstić information content (AvgIpc) is 3.43. The van der Waals surface area contributed by atoms with Gasteiger partial charge in [-0.15, -0.1) is 0 Å². The predicted molar refractivity (Wildman–Crippen MR) is 181 cm³/mol. The molecule has 0 saturated heterocycles. The van der Waals surface area contributed by atoms with Crippen molar-refractivity contribution in [1.82, 2.24) is 19.5 Å². The average molecular weight is 569 g/mol. The van der Waals surface area contributed by atoms with Gasteiger partial charge in [0.15, 0.2) is 17.5 Å². The zero-order valence-corrected chi connectivity index (χ0v) is 24.6. The van der Waals surface area contributed by atoms with E-state index in [0.717, 1.165) is 35.1 Å². The monoisotopic (exact) mass is 568 g/mol. The molecule has 2 aliphatic carbocycles. The summed E-state index contributed by atoms with van der Waals surface area (Å²) in [5, 5.41) is 1.39. The van der Waals surface area contributed by atoms with Gasteiger partial charge < -0.3 is 4.57 Å². The summed E-state index contributed by atoms with van der Waals surface area (Å²) >= 11 is 0. The molecule has 2 unspecified atom stereocenters.